The van der Waals surface area contributed by atoms with Crippen LogP contribution in [0.1, 0.15) is 26.7 Å². The first-order chi connectivity index (χ1) is 7.22. The maximum absolute atomic E-state index is 11.7. The normalized spacial score (nSPS) is 28.8. The molecule has 0 aromatic rings. The average Bonchev–Trinajstić information content (AvgIpc) is 2.34. The highest BCUT2D eigenvalue weighted by molar-refractivity contribution is 7.93. The lowest BCUT2D eigenvalue weighted by Gasteiger charge is -2.27. The second-order valence-electron chi connectivity index (χ2n) is 4.71. The molecule has 0 aromatic heterocycles. The Labute approximate surface area is 95.7 Å². The molecule has 1 saturated heterocycles. The van der Waals surface area contributed by atoms with Gasteiger partial charge in [0, 0.05) is 7.11 Å². The number of ether oxygens (including phenoxy) is 1. The number of carboxylic acid groups (broad SMARTS) is 1. The van der Waals surface area contributed by atoms with E-state index < -0.39 is 26.7 Å². The summed E-state index contributed by atoms with van der Waals surface area (Å²) >= 11 is 0. The Bertz CT molecular complexity index is 371. The van der Waals surface area contributed by atoms with Crippen LogP contribution in [0.15, 0.2) is 0 Å². The number of rotatable bonds is 4. The van der Waals surface area contributed by atoms with Crippen LogP contribution in [-0.2, 0) is 19.4 Å². The van der Waals surface area contributed by atoms with Crippen LogP contribution in [0.5, 0.6) is 0 Å². The molecule has 6 heteroatoms. The van der Waals surface area contributed by atoms with Crippen molar-refractivity contribution in [2.24, 2.45) is 5.92 Å². The first-order valence-corrected chi connectivity index (χ1v) is 6.85. The summed E-state index contributed by atoms with van der Waals surface area (Å²) in [6, 6.07) is 0. The van der Waals surface area contributed by atoms with Gasteiger partial charge in [-0.25, -0.2) is 13.2 Å². The fraction of sp³-hybridized carbons (Fsp3) is 0.900. The molecule has 1 N–H and O–H groups in total. The van der Waals surface area contributed by atoms with E-state index in [-0.39, 0.29) is 18.1 Å². The van der Waals surface area contributed by atoms with E-state index >= 15 is 0 Å². The van der Waals surface area contributed by atoms with Crippen molar-refractivity contribution in [3.05, 3.63) is 0 Å². The molecule has 0 aliphatic carbocycles. The standard InChI is InChI=1S/C10H18O5S/c1-10(2)7(4-5-16(10,13)14)6-8(15-3)9(11)12/h7-8H,4-6H2,1-3H3,(H,11,12). The van der Waals surface area contributed by atoms with Crippen molar-refractivity contribution in [3.63, 3.8) is 0 Å². The molecule has 5 nitrogen and oxygen atoms in total. The highest BCUT2D eigenvalue weighted by Gasteiger charge is 2.48. The zero-order chi connectivity index (χ0) is 12.6. The van der Waals surface area contributed by atoms with E-state index in [1.54, 1.807) is 13.8 Å². The van der Waals surface area contributed by atoms with Crippen molar-refractivity contribution in [2.75, 3.05) is 12.9 Å². The minimum absolute atomic E-state index is 0.140. The molecule has 2 unspecified atom stereocenters. The highest BCUT2D eigenvalue weighted by Crippen LogP contribution is 2.40. The van der Waals surface area contributed by atoms with Crippen LogP contribution in [0.3, 0.4) is 0 Å². The van der Waals surface area contributed by atoms with Crippen molar-refractivity contribution in [2.45, 2.75) is 37.5 Å². The summed E-state index contributed by atoms with van der Waals surface area (Å²) in [5.74, 6) is -1.05. The molecular formula is C10H18O5S. The van der Waals surface area contributed by atoms with Gasteiger partial charge in [0.2, 0.25) is 0 Å². The molecule has 1 heterocycles. The Morgan fingerprint density at radius 1 is 1.56 bits per heavy atom. The first kappa shape index (κ1) is 13.4. The first-order valence-electron chi connectivity index (χ1n) is 5.20. The van der Waals surface area contributed by atoms with Crippen molar-refractivity contribution in [3.8, 4) is 0 Å². The van der Waals surface area contributed by atoms with E-state index in [1.807, 2.05) is 0 Å². The van der Waals surface area contributed by atoms with Gasteiger partial charge in [0.05, 0.1) is 10.5 Å². The van der Waals surface area contributed by atoms with Gasteiger partial charge >= 0.3 is 5.97 Å². The van der Waals surface area contributed by atoms with E-state index in [0.29, 0.717) is 6.42 Å². The lowest BCUT2D eigenvalue weighted by Crippen LogP contribution is -2.37. The largest absolute Gasteiger partial charge is 0.479 e. The SMILES string of the molecule is COC(CC1CCS(=O)(=O)C1(C)C)C(=O)O. The van der Waals surface area contributed by atoms with E-state index in [4.69, 9.17) is 9.84 Å². The Hall–Kier alpha value is -0.620. The Balaban J connectivity index is 2.81. The smallest absolute Gasteiger partial charge is 0.332 e. The van der Waals surface area contributed by atoms with E-state index in [2.05, 4.69) is 0 Å². The third-order valence-corrected chi connectivity index (χ3v) is 6.29. The fourth-order valence-corrected chi connectivity index (χ4v) is 3.96. The van der Waals surface area contributed by atoms with Gasteiger partial charge in [-0.05, 0) is 32.6 Å². The molecule has 0 saturated carbocycles. The Morgan fingerprint density at radius 2 is 2.12 bits per heavy atom. The molecule has 0 amide bonds. The summed E-state index contributed by atoms with van der Waals surface area (Å²) in [6.45, 7) is 3.32. The monoisotopic (exact) mass is 250 g/mol. The van der Waals surface area contributed by atoms with Crippen LogP contribution >= 0.6 is 0 Å². The summed E-state index contributed by atoms with van der Waals surface area (Å²) < 4.78 is 27.5. The van der Waals surface area contributed by atoms with Gasteiger partial charge in [-0.3, -0.25) is 0 Å². The van der Waals surface area contributed by atoms with E-state index in [1.165, 1.54) is 7.11 Å². The summed E-state index contributed by atoms with van der Waals surface area (Å²) in [5, 5.41) is 8.86. The zero-order valence-electron chi connectivity index (χ0n) is 9.76. The van der Waals surface area contributed by atoms with Gasteiger partial charge in [-0.15, -0.1) is 0 Å². The van der Waals surface area contributed by atoms with Crippen molar-refractivity contribution in [1.29, 1.82) is 0 Å². The molecule has 0 aromatic carbocycles. The predicted octanol–water partition coefficient (Wildman–Crippen LogP) is 0.689. The highest BCUT2D eigenvalue weighted by atomic mass is 32.2. The average molecular weight is 250 g/mol. The second kappa shape index (κ2) is 4.33. The third kappa shape index (κ3) is 2.22. The topological polar surface area (TPSA) is 80.7 Å². The maximum Gasteiger partial charge on any atom is 0.332 e. The van der Waals surface area contributed by atoms with E-state index in [0.717, 1.165) is 0 Å². The Kier molecular flexibility index (Phi) is 3.64. The van der Waals surface area contributed by atoms with Crippen molar-refractivity contribution < 1.29 is 23.1 Å². The summed E-state index contributed by atoms with van der Waals surface area (Å²) in [7, 11) is -1.77. The molecule has 1 rings (SSSR count). The van der Waals surface area contributed by atoms with Gasteiger partial charge in [0.15, 0.2) is 15.9 Å². The third-order valence-electron chi connectivity index (χ3n) is 3.58. The number of aliphatic carboxylic acids is 1. The quantitative estimate of drug-likeness (QED) is 0.794. The van der Waals surface area contributed by atoms with Gasteiger partial charge in [0.25, 0.3) is 0 Å². The molecule has 0 bridgehead atoms. The van der Waals surface area contributed by atoms with Crippen LogP contribution in [-0.4, -0.2) is 43.2 Å². The number of hydrogen-bond acceptors (Lipinski definition) is 4. The fourth-order valence-electron chi connectivity index (χ4n) is 2.12. The van der Waals surface area contributed by atoms with Crippen LogP contribution in [0.4, 0.5) is 0 Å². The molecule has 1 aliphatic rings. The number of methoxy groups -OCH3 is 1. The van der Waals surface area contributed by atoms with Crippen LogP contribution < -0.4 is 0 Å². The summed E-state index contributed by atoms with van der Waals surface area (Å²) in [4.78, 5) is 10.8. The lowest BCUT2D eigenvalue weighted by molar-refractivity contribution is -0.149. The van der Waals surface area contributed by atoms with Crippen molar-refractivity contribution >= 4 is 15.8 Å². The number of sulfone groups is 1. The van der Waals surface area contributed by atoms with Gasteiger partial charge < -0.3 is 9.84 Å². The summed E-state index contributed by atoms with van der Waals surface area (Å²) in [6.07, 6.45) is -0.154. The maximum atomic E-state index is 11.7. The predicted molar refractivity (Wildman–Crippen MR) is 59.0 cm³/mol. The van der Waals surface area contributed by atoms with Gasteiger partial charge in [0.1, 0.15) is 0 Å². The van der Waals surface area contributed by atoms with E-state index in [9.17, 15) is 13.2 Å². The van der Waals surface area contributed by atoms with Crippen LogP contribution in [0, 0.1) is 5.92 Å². The van der Waals surface area contributed by atoms with Crippen LogP contribution in [0.25, 0.3) is 0 Å². The second-order valence-corrected chi connectivity index (χ2v) is 7.40. The zero-order valence-corrected chi connectivity index (χ0v) is 10.6. The molecule has 0 spiro atoms. The van der Waals surface area contributed by atoms with Crippen molar-refractivity contribution in [1.82, 2.24) is 0 Å². The van der Waals surface area contributed by atoms with Crippen LogP contribution in [0.2, 0.25) is 0 Å². The van der Waals surface area contributed by atoms with Gasteiger partial charge in [-0.2, -0.15) is 0 Å². The van der Waals surface area contributed by atoms with Gasteiger partial charge in [-0.1, -0.05) is 0 Å². The number of hydrogen-bond donors (Lipinski definition) is 1. The molecule has 94 valence electrons. The number of carbonyl (C=O) groups is 1. The number of carboxylic acids is 1. The molecule has 16 heavy (non-hydrogen) atoms. The molecule has 1 aliphatic heterocycles. The molecule has 2 atom stereocenters. The molecular weight excluding hydrogens is 232 g/mol. The summed E-state index contributed by atoms with van der Waals surface area (Å²) in [5.41, 5.74) is 0. The minimum atomic E-state index is -3.10. The molecule has 0 radical (unpaired) electrons. The lowest BCUT2D eigenvalue weighted by atomic mass is 9.87. The molecule has 1 fully saturated rings. The minimum Gasteiger partial charge on any atom is -0.479 e. The Morgan fingerprint density at radius 3 is 2.44 bits per heavy atom.